The lowest BCUT2D eigenvalue weighted by Gasteiger charge is -2.14. The largest absolute Gasteiger partial charge is 0.454 e. The molecule has 0 atom stereocenters. The van der Waals surface area contributed by atoms with Crippen molar-refractivity contribution in [3.63, 3.8) is 0 Å². The van der Waals surface area contributed by atoms with E-state index in [1.807, 2.05) is 6.07 Å². The summed E-state index contributed by atoms with van der Waals surface area (Å²) in [4.78, 5) is 0. The Bertz CT molecular complexity index is 600. The average Bonchev–Trinajstić information content (AvgIpc) is 2.51. The molecule has 0 saturated carbocycles. The van der Waals surface area contributed by atoms with Gasteiger partial charge in [-0.05, 0) is 29.8 Å². The molecule has 0 spiro atoms. The normalized spacial score (nSPS) is 11.5. The van der Waals surface area contributed by atoms with E-state index in [9.17, 15) is 13.2 Å². The summed E-state index contributed by atoms with van der Waals surface area (Å²) in [5.41, 5.74) is 0.569. The first kappa shape index (κ1) is 16.4. The molecule has 0 heterocycles. The summed E-state index contributed by atoms with van der Waals surface area (Å²) in [5, 5.41) is 0. The van der Waals surface area contributed by atoms with Crippen LogP contribution >= 0.6 is 0 Å². The van der Waals surface area contributed by atoms with Gasteiger partial charge in [0.1, 0.15) is 12.4 Å². The first-order valence-electron chi connectivity index (χ1n) is 6.97. The third-order valence-electron chi connectivity index (χ3n) is 3.07. The predicted molar refractivity (Wildman–Crippen MR) is 77.8 cm³/mol. The summed E-state index contributed by atoms with van der Waals surface area (Å²) in [6.07, 6.45) is -0.279. The molecule has 22 heavy (non-hydrogen) atoms. The van der Waals surface area contributed by atoms with Crippen molar-refractivity contribution in [1.29, 1.82) is 0 Å². The molecule has 0 fully saturated rings. The topological polar surface area (TPSA) is 18.5 Å². The minimum absolute atomic E-state index is 0.0268. The van der Waals surface area contributed by atoms with Crippen molar-refractivity contribution in [2.75, 3.05) is 6.61 Å². The van der Waals surface area contributed by atoms with Crippen LogP contribution < -0.4 is 4.74 Å². The lowest BCUT2D eigenvalue weighted by Crippen LogP contribution is -2.22. The van der Waals surface area contributed by atoms with Crippen LogP contribution in [0.5, 0.6) is 11.5 Å². The fourth-order valence-corrected chi connectivity index (χ4v) is 1.75. The second-order valence-electron chi connectivity index (χ2n) is 4.88. The molecule has 0 saturated heterocycles. The Morgan fingerprint density at radius 3 is 2.45 bits per heavy atom. The van der Waals surface area contributed by atoms with E-state index in [4.69, 9.17) is 9.47 Å². The van der Waals surface area contributed by atoms with Crippen LogP contribution in [0.1, 0.15) is 18.9 Å². The smallest absolute Gasteiger partial charge is 0.270 e. The zero-order chi connectivity index (χ0) is 16.0. The molecule has 0 bridgehead atoms. The summed E-state index contributed by atoms with van der Waals surface area (Å²) >= 11 is 0. The Kier molecular flexibility index (Phi) is 5.44. The molecule has 2 aromatic rings. The van der Waals surface area contributed by atoms with Crippen LogP contribution in [-0.4, -0.2) is 12.5 Å². The minimum atomic E-state index is -2.84. The number of alkyl halides is 2. The van der Waals surface area contributed by atoms with Gasteiger partial charge in [-0.2, -0.15) is 0 Å². The molecule has 0 unspecified atom stereocenters. The van der Waals surface area contributed by atoms with Gasteiger partial charge in [-0.3, -0.25) is 0 Å². The van der Waals surface area contributed by atoms with Gasteiger partial charge in [-0.15, -0.1) is 0 Å². The van der Waals surface area contributed by atoms with Gasteiger partial charge in [0, 0.05) is 6.42 Å². The predicted octanol–water partition coefficient (Wildman–Crippen LogP) is 5.18. The number of hydrogen-bond acceptors (Lipinski definition) is 2. The van der Waals surface area contributed by atoms with Crippen LogP contribution in [-0.2, 0) is 11.3 Å². The summed E-state index contributed by atoms with van der Waals surface area (Å²) in [7, 11) is 0. The SMILES string of the molecule is CCC(F)(F)COCc1ccc(F)c(Oc2ccccc2)c1. The summed E-state index contributed by atoms with van der Waals surface area (Å²) in [6, 6.07) is 12.9. The van der Waals surface area contributed by atoms with Crippen LogP contribution in [0.4, 0.5) is 13.2 Å². The Balaban J connectivity index is 2.01. The maximum atomic E-state index is 13.7. The quantitative estimate of drug-likeness (QED) is 0.701. The molecule has 5 heteroatoms. The van der Waals surface area contributed by atoms with Gasteiger partial charge in [0.15, 0.2) is 11.6 Å². The van der Waals surface area contributed by atoms with Crippen LogP contribution in [0.25, 0.3) is 0 Å². The molecule has 0 amide bonds. The maximum absolute atomic E-state index is 13.7. The second-order valence-corrected chi connectivity index (χ2v) is 4.88. The third-order valence-corrected chi connectivity index (χ3v) is 3.07. The number of hydrogen-bond donors (Lipinski definition) is 0. The highest BCUT2D eigenvalue weighted by atomic mass is 19.3. The molecule has 2 nitrogen and oxygen atoms in total. The molecule has 2 aromatic carbocycles. The molecular formula is C17H17F3O2. The van der Waals surface area contributed by atoms with Gasteiger partial charge in [0.05, 0.1) is 6.61 Å². The van der Waals surface area contributed by atoms with Crippen molar-refractivity contribution in [1.82, 2.24) is 0 Å². The van der Waals surface area contributed by atoms with Gasteiger partial charge in [0.2, 0.25) is 0 Å². The minimum Gasteiger partial charge on any atom is -0.454 e. The van der Waals surface area contributed by atoms with E-state index in [1.165, 1.54) is 25.1 Å². The van der Waals surface area contributed by atoms with Gasteiger partial charge in [-0.25, -0.2) is 13.2 Å². The molecule has 0 radical (unpaired) electrons. The van der Waals surface area contributed by atoms with E-state index >= 15 is 0 Å². The molecule has 0 aliphatic carbocycles. The molecule has 0 N–H and O–H groups in total. The Labute approximate surface area is 127 Å². The van der Waals surface area contributed by atoms with E-state index in [0.29, 0.717) is 11.3 Å². The zero-order valence-electron chi connectivity index (χ0n) is 12.2. The Morgan fingerprint density at radius 2 is 1.77 bits per heavy atom. The molecule has 118 valence electrons. The molecule has 2 rings (SSSR count). The lowest BCUT2D eigenvalue weighted by atomic mass is 10.2. The highest BCUT2D eigenvalue weighted by molar-refractivity contribution is 5.34. The van der Waals surface area contributed by atoms with Crippen LogP contribution in [0.3, 0.4) is 0 Å². The van der Waals surface area contributed by atoms with Crippen molar-refractivity contribution in [3.05, 3.63) is 59.9 Å². The van der Waals surface area contributed by atoms with Crippen LogP contribution in [0.15, 0.2) is 48.5 Å². The standard InChI is InChI=1S/C17H17F3O2/c1-2-17(19,20)12-21-11-13-8-9-15(18)16(10-13)22-14-6-4-3-5-7-14/h3-10H,2,11-12H2,1H3. The number of para-hydroxylation sites is 1. The van der Waals surface area contributed by atoms with E-state index in [-0.39, 0.29) is 18.8 Å². The van der Waals surface area contributed by atoms with Gasteiger partial charge in [0.25, 0.3) is 5.92 Å². The van der Waals surface area contributed by atoms with E-state index in [1.54, 1.807) is 24.3 Å². The van der Waals surface area contributed by atoms with Crippen LogP contribution in [0, 0.1) is 5.82 Å². The highest BCUT2D eigenvalue weighted by Crippen LogP contribution is 2.26. The van der Waals surface area contributed by atoms with Gasteiger partial charge >= 0.3 is 0 Å². The summed E-state index contributed by atoms with van der Waals surface area (Å²) < 4.78 is 50.3. The first-order valence-corrected chi connectivity index (χ1v) is 6.97. The van der Waals surface area contributed by atoms with Crippen molar-refractivity contribution >= 4 is 0 Å². The van der Waals surface area contributed by atoms with Crippen molar-refractivity contribution in [2.24, 2.45) is 0 Å². The highest BCUT2D eigenvalue weighted by Gasteiger charge is 2.26. The number of halogens is 3. The second kappa shape index (κ2) is 7.31. The zero-order valence-corrected chi connectivity index (χ0v) is 12.2. The molecule has 0 aromatic heterocycles. The number of ether oxygens (including phenoxy) is 2. The molecule has 0 aliphatic rings. The van der Waals surface area contributed by atoms with E-state index < -0.39 is 18.3 Å². The average molecular weight is 310 g/mol. The van der Waals surface area contributed by atoms with Gasteiger partial charge < -0.3 is 9.47 Å². The lowest BCUT2D eigenvalue weighted by molar-refractivity contribution is -0.0834. The summed E-state index contributed by atoms with van der Waals surface area (Å²) in [5.74, 6) is -2.83. The van der Waals surface area contributed by atoms with E-state index in [2.05, 4.69) is 0 Å². The maximum Gasteiger partial charge on any atom is 0.270 e. The fraction of sp³-hybridized carbons (Fsp3) is 0.294. The van der Waals surface area contributed by atoms with Crippen molar-refractivity contribution in [3.8, 4) is 11.5 Å². The van der Waals surface area contributed by atoms with Crippen molar-refractivity contribution in [2.45, 2.75) is 25.9 Å². The molecular weight excluding hydrogens is 293 g/mol. The van der Waals surface area contributed by atoms with E-state index in [0.717, 1.165) is 0 Å². The Hall–Kier alpha value is -2.01. The third kappa shape index (κ3) is 4.77. The van der Waals surface area contributed by atoms with Crippen LogP contribution in [0.2, 0.25) is 0 Å². The van der Waals surface area contributed by atoms with Crippen molar-refractivity contribution < 1.29 is 22.6 Å². The van der Waals surface area contributed by atoms with Gasteiger partial charge in [-0.1, -0.05) is 31.2 Å². The number of benzene rings is 2. The number of rotatable bonds is 7. The Morgan fingerprint density at radius 1 is 1.05 bits per heavy atom. The summed E-state index contributed by atoms with van der Waals surface area (Å²) in [6.45, 7) is 0.712. The molecule has 0 aliphatic heterocycles. The monoisotopic (exact) mass is 310 g/mol. The first-order chi connectivity index (χ1) is 10.5. The fourth-order valence-electron chi connectivity index (χ4n) is 1.75.